The number of fused-ring (bicyclic) bond motifs is 1. The average Bonchev–Trinajstić information content (AvgIpc) is 3.11. The highest BCUT2D eigenvalue weighted by Gasteiger charge is 2.23. The summed E-state index contributed by atoms with van der Waals surface area (Å²) in [7, 11) is 0. The van der Waals surface area contributed by atoms with E-state index in [-0.39, 0.29) is 29.8 Å². The summed E-state index contributed by atoms with van der Waals surface area (Å²) in [5, 5.41) is 6.41. The summed E-state index contributed by atoms with van der Waals surface area (Å²) in [4.78, 5) is 26.1. The molecule has 0 fully saturated rings. The number of benzene rings is 2. The van der Waals surface area contributed by atoms with Gasteiger partial charge in [-0.1, -0.05) is 58.9 Å². The van der Waals surface area contributed by atoms with Crippen molar-refractivity contribution in [2.75, 3.05) is 23.3 Å². The summed E-state index contributed by atoms with van der Waals surface area (Å²) in [6.45, 7) is 13.5. The zero-order chi connectivity index (χ0) is 22.8. The smallest absolute Gasteiger partial charge is 0.238 e. The molecule has 2 aromatic carbocycles. The molecule has 0 aromatic heterocycles. The lowest BCUT2D eigenvalue weighted by molar-refractivity contribution is -0.117. The summed E-state index contributed by atoms with van der Waals surface area (Å²) in [5.74, 6) is 0.333. The van der Waals surface area contributed by atoms with E-state index in [4.69, 9.17) is 0 Å². The second-order valence-corrected chi connectivity index (χ2v) is 9.79. The standard InChI is InChI=1S/C26H35N3O2/c1-17(2)25(19-7-9-21(10-8-19)26(4,5)6)27-16-24(31)28-22-11-12-23-20(15-22)13-14-29(23)18(3)30/h7-12,15,17,25,27H,13-14,16H2,1-6H3,(H,28,31). The molecule has 1 atom stereocenters. The van der Waals surface area contributed by atoms with E-state index in [1.807, 2.05) is 18.2 Å². The Balaban J connectivity index is 1.62. The Morgan fingerprint density at radius 2 is 1.74 bits per heavy atom. The van der Waals surface area contributed by atoms with Gasteiger partial charge in [0.05, 0.1) is 6.54 Å². The molecule has 0 saturated carbocycles. The van der Waals surface area contributed by atoms with Crippen molar-refractivity contribution in [3.63, 3.8) is 0 Å². The van der Waals surface area contributed by atoms with Gasteiger partial charge in [0.1, 0.15) is 0 Å². The van der Waals surface area contributed by atoms with Crippen molar-refractivity contribution in [2.45, 2.75) is 59.4 Å². The molecule has 0 radical (unpaired) electrons. The highest BCUT2D eigenvalue weighted by atomic mass is 16.2. The lowest BCUT2D eigenvalue weighted by atomic mass is 9.85. The van der Waals surface area contributed by atoms with E-state index >= 15 is 0 Å². The normalized spacial score (nSPS) is 14.5. The lowest BCUT2D eigenvalue weighted by Gasteiger charge is -2.25. The molecule has 0 saturated heterocycles. The first-order valence-corrected chi connectivity index (χ1v) is 11.1. The van der Waals surface area contributed by atoms with Crippen LogP contribution in [-0.4, -0.2) is 24.9 Å². The van der Waals surface area contributed by atoms with Gasteiger partial charge in [0.15, 0.2) is 0 Å². The van der Waals surface area contributed by atoms with Gasteiger partial charge >= 0.3 is 0 Å². The fourth-order valence-corrected chi connectivity index (χ4v) is 4.14. The quantitative estimate of drug-likeness (QED) is 0.703. The molecule has 5 heteroatoms. The molecule has 166 valence electrons. The average molecular weight is 422 g/mol. The zero-order valence-corrected chi connectivity index (χ0v) is 19.6. The van der Waals surface area contributed by atoms with Crippen LogP contribution in [0.15, 0.2) is 42.5 Å². The van der Waals surface area contributed by atoms with E-state index in [9.17, 15) is 9.59 Å². The number of carbonyl (C=O) groups is 2. The number of nitrogens with zero attached hydrogens (tertiary/aromatic N) is 1. The second kappa shape index (κ2) is 9.23. The van der Waals surface area contributed by atoms with Crippen LogP contribution in [0.3, 0.4) is 0 Å². The predicted molar refractivity (Wildman–Crippen MR) is 128 cm³/mol. The number of hydrogen-bond acceptors (Lipinski definition) is 3. The van der Waals surface area contributed by atoms with Gasteiger partial charge in [-0.25, -0.2) is 0 Å². The number of amides is 2. The topological polar surface area (TPSA) is 61.4 Å². The SMILES string of the molecule is CC(=O)N1CCc2cc(NC(=O)CNC(c3ccc(C(C)(C)C)cc3)C(C)C)ccc21. The number of nitrogens with one attached hydrogen (secondary N) is 2. The van der Waals surface area contributed by atoms with Gasteiger partial charge in [-0.3, -0.25) is 9.59 Å². The minimum atomic E-state index is -0.0710. The highest BCUT2D eigenvalue weighted by molar-refractivity contribution is 5.96. The van der Waals surface area contributed by atoms with Crippen molar-refractivity contribution in [3.8, 4) is 0 Å². The van der Waals surface area contributed by atoms with Gasteiger partial charge in [-0.15, -0.1) is 0 Å². The molecule has 5 nitrogen and oxygen atoms in total. The Kier molecular flexibility index (Phi) is 6.85. The summed E-state index contributed by atoms with van der Waals surface area (Å²) >= 11 is 0. The van der Waals surface area contributed by atoms with Crippen LogP contribution in [0.4, 0.5) is 11.4 Å². The number of rotatable bonds is 6. The van der Waals surface area contributed by atoms with Crippen molar-refractivity contribution in [3.05, 3.63) is 59.2 Å². The molecular weight excluding hydrogens is 386 g/mol. The van der Waals surface area contributed by atoms with E-state index in [0.717, 1.165) is 23.4 Å². The maximum Gasteiger partial charge on any atom is 0.238 e. The van der Waals surface area contributed by atoms with Crippen LogP contribution < -0.4 is 15.5 Å². The molecule has 0 spiro atoms. The number of hydrogen-bond donors (Lipinski definition) is 2. The fraction of sp³-hybridized carbons (Fsp3) is 0.462. The van der Waals surface area contributed by atoms with E-state index < -0.39 is 0 Å². The number of anilines is 2. The van der Waals surface area contributed by atoms with Crippen LogP contribution in [0, 0.1) is 5.92 Å². The third-order valence-electron chi connectivity index (χ3n) is 5.92. The second-order valence-electron chi connectivity index (χ2n) is 9.79. The molecule has 0 aliphatic carbocycles. The largest absolute Gasteiger partial charge is 0.325 e. The van der Waals surface area contributed by atoms with Crippen molar-refractivity contribution < 1.29 is 9.59 Å². The minimum Gasteiger partial charge on any atom is -0.325 e. The van der Waals surface area contributed by atoms with Crippen LogP contribution in [0.5, 0.6) is 0 Å². The molecule has 0 bridgehead atoms. The summed E-state index contributed by atoms with van der Waals surface area (Å²) in [6, 6.07) is 14.5. The molecule has 1 unspecified atom stereocenters. The first kappa shape index (κ1) is 23.0. The van der Waals surface area contributed by atoms with Crippen molar-refractivity contribution in [2.24, 2.45) is 5.92 Å². The predicted octanol–water partition coefficient (Wildman–Crippen LogP) is 4.82. The Morgan fingerprint density at radius 1 is 1.06 bits per heavy atom. The van der Waals surface area contributed by atoms with Crippen LogP contribution in [-0.2, 0) is 21.4 Å². The molecule has 31 heavy (non-hydrogen) atoms. The van der Waals surface area contributed by atoms with Crippen molar-refractivity contribution >= 4 is 23.2 Å². The van der Waals surface area contributed by atoms with Gasteiger partial charge in [0, 0.05) is 30.9 Å². The van der Waals surface area contributed by atoms with Crippen molar-refractivity contribution in [1.29, 1.82) is 0 Å². The third kappa shape index (κ3) is 5.53. The van der Waals surface area contributed by atoms with E-state index in [1.54, 1.807) is 11.8 Å². The summed E-state index contributed by atoms with van der Waals surface area (Å²) in [6.07, 6.45) is 0.816. The molecule has 2 aromatic rings. The number of carbonyl (C=O) groups excluding carboxylic acids is 2. The van der Waals surface area contributed by atoms with Crippen LogP contribution in [0.2, 0.25) is 0 Å². The highest BCUT2D eigenvalue weighted by Crippen LogP contribution is 2.30. The fourth-order valence-electron chi connectivity index (χ4n) is 4.14. The Bertz CT molecular complexity index is 942. The monoisotopic (exact) mass is 421 g/mol. The summed E-state index contributed by atoms with van der Waals surface area (Å²) < 4.78 is 0. The van der Waals surface area contributed by atoms with Crippen LogP contribution in [0.1, 0.15) is 64.3 Å². The third-order valence-corrected chi connectivity index (χ3v) is 5.92. The zero-order valence-electron chi connectivity index (χ0n) is 19.6. The Labute approximate surface area is 186 Å². The Hall–Kier alpha value is -2.66. The first-order chi connectivity index (χ1) is 14.6. The first-order valence-electron chi connectivity index (χ1n) is 11.1. The Morgan fingerprint density at radius 3 is 2.32 bits per heavy atom. The molecule has 1 aliphatic rings. The molecule has 1 heterocycles. The van der Waals surface area contributed by atoms with Gasteiger partial charge in [0.25, 0.3) is 0 Å². The lowest BCUT2D eigenvalue weighted by Crippen LogP contribution is -2.33. The van der Waals surface area contributed by atoms with Gasteiger partial charge in [-0.05, 0) is 52.6 Å². The van der Waals surface area contributed by atoms with Gasteiger partial charge in [-0.2, -0.15) is 0 Å². The molecule has 1 aliphatic heterocycles. The molecule has 2 amide bonds. The van der Waals surface area contributed by atoms with Crippen LogP contribution >= 0.6 is 0 Å². The minimum absolute atomic E-state index is 0.0509. The van der Waals surface area contributed by atoms with E-state index in [1.165, 1.54) is 11.1 Å². The molecular formula is C26H35N3O2. The van der Waals surface area contributed by atoms with E-state index in [0.29, 0.717) is 12.5 Å². The van der Waals surface area contributed by atoms with Gasteiger partial charge in [0.2, 0.25) is 11.8 Å². The maximum absolute atomic E-state index is 12.6. The van der Waals surface area contributed by atoms with Crippen LogP contribution in [0.25, 0.3) is 0 Å². The molecule has 3 rings (SSSR count). The van der Waals surface area contributed by atoms with Gasteiger partial charge < -0.3 is 15.5 Å². The van der Waals surface area contributed by atoms with Crippen molar-refractivity contribution in [1.82, 2.24) is 5.32 Å². The van der Waals surface area contributed by atoms with E-state index in [2.05, 4.69) is 69.5 Å². The molecule has 2 N–H and O–H groups in total. The maximum atomic E-state index is 12.6. The summed E-state index contributed by atoms with van der Waals surface area (Å²) in [5.41, 5.74) is 5.43.